The second kappa shape index (κ2) is 8.84. The van der Waals surface area contributed by atoms with Crippen LogP contribution in [0, 0.1) is 13.8 Å². The van der Waals surface area contributed by atoms with Gasteiger partial charge in [0, 0.05) is 24.5 Å². The summed E-state index contributed by atoms with van der Waals surface area (Å²) in [6.45, 7) is 6.48. The number of para-hydroxylation sites is 1. The van der Waals surface area contributed by atoms with E-state index in [4.69, 9.17) is 4.74 Å². The molecule has 0 spiro atoms. The molecule has 1 saturated heterocycles. The van der Waals surface area contributed by atoms with Crippen LogP contribution in [0.15, 0.2) is 42.5 Å². The molecule has 1 N–H and O–H groups in total. The van der Waals surface area contributed by atoms with Crippen molar-refractivity contribution in [2.24, 2.45) is 0 Å². The largest absolute Gasteiger partial charge is 0.378 e. The van der Waals surface area contributed by atoms with Gasteiger partial charge in [0.1, 0.15) is 6.54 Å². The van der Waals surface area contributed by atoms with Gasteiger partial charge in [0.25, 0.3) is 0 Å². The monoisotopic (exact) mass is 417 g/mol. The van der Waals surface area contributed by atoms with Crippen LogP contribution >= 0.6 is 0 Å². The molecule has 0 atom stereocenters. The number of ether oxygens (including phenoxy) is 1. The zero-order valence-electron chi connectivity index (χ0n) is 17.0. The Kier molecular flexibility index (Phi) is 6.44. The first-order chi connectivity index (χ1) is 13.8. The Morgan fingerprint density at radius 3 is 2.21 bits per heavy atom. The summed E-state index contributed by atoms with van der Waals surface area (Å²) >= 11 is 0. The first-order valence-corrected chi connectivity index (χ1v) is 11.4. The quantitative estimate of drug-likeness (QED) is 0.781. The Morgan fingerprint density at radius 2 is 1.66 bits per heavy atom. The van der Waals surface area contributed by atoms with Gasteiger partial charge in [-0.3, -0.25) is 9.10 Å². The lowest BCUT2D eigenvalue weighted by Gasteiger charge is -2.29. The van der Waals surface area contributed by atoms with Crippen LogP contribution in [-0.4, -0.2) is 53.4 Å². The van der Waals surface area contributed by atoms with Crippen molar-refractivity contribution in [3.05, 3.63) is 53.6 Å². The number of hydrogen-bond acceptors (Lipinski definition) is 5. The second-order valence-corrected chi connectivity index (χ2v) is 9.11. The number of nitrogens with one attached hydrogen (secondary N) is 1. The molecule has 7 nitrogen and oxygen atoms in total. The first-order valence-electron chi connectivity index (χ1n) is 9.52. The van der Waals surface area contributed by atoms with Gasteiger partial charge >= 0.3 is 0 Å². The van der Waals surface area contributed by atoms with Crippen LogP contribution in [0.3, 0.4) is 0 Å². The molecule has 0 radical (unpaired) electrons. The predicted molar refractivity (Wildman–Crippen MR) is 116 cm³/mol. The molecule has 0 unspecified atom stereocenters. The average molecular weight is 418 g/mol. The van der Waals surface area contributed by atoms with E-state index < -0.39 is 15.9 Å². The number of anilines is 3. The minimum atomic E-state index is -3.62. The number of benzene rings is 2. The molecule has 3 rings (SSSR count). The van der Waals surface area contributed by atoms with Crippen molar-refractivity contribution in [3.63, 3.8) is 0 Å². The van der Waals surface area contributed by atoms with Crippen LogP contribution in [0.5, 0.6) is 0 Å². The van der Waals surface area contributed by atoms with E-state index in [1.165, 1.54) is 0 Å². The van der Waals surface area contributed by atoms with Crippen LogP contribution in [0.2, 0.25) is 0 Å². The van der Waals surface area contributed by atoms with E-state index in [1.807, 2.05) is 56.3 Å². The second-order valence-electron chi connectivity index (χ2n) is 7.20. The Morgan fingerprint density at radius 1 is 1.07 bits per heavy atom. The lowest BCUT2D eigenvalue weighted by atomic mass is 10.1. The van der Waals surface area contributed by atoms with Gasteiger partial charge in [0.05, 0.1) is 25.2 Å². The van der Waals surface area contributed by atoms with Crippen LogP contribution in [-0.2, 0) is 19.6 Å². The van der Waals surface area contributed by atoms with E-state index in [0.29, 0.717) is 24.6 Å². The molecule has 0 aromatic heterocycles. The van der Waals surface area contributed by atoms with Crippen LogP contribution < -0.4 is 14.5 Å². The Hall–Kier alpha value is -2.58. The number of carbonyl (C=O) groups is 1. The Labute approximate surface area is 172 Å². The maximum atomic E-state index is 12.6. The maximum absolute atomic E-state index is 12.6. The summed E-state index contributed by atoms with van der Waals surface area (Å²) in [6, 6.07) is 13.1. The molecule has 0 saturated carbocycles. The molecule has 1 aliphatic rings. The number of sulfonamides is 1. The molecule has 1 fully saturated rings. The van der Waals surface area contributed by atoms with E-state index in [2.05, 4.69) is 10.2 Å². The molecule has 0 bridgehead atoms. The van der Waals surface area contributed by atoms with Crippen molar-refractivity contribution in [2.45, 2.75) is 13.8 Å². The van der Waals surface area contributed by atoms with Gasteiger partial charge in [-0.25, -0.2) is 8.42 Å². The van der Waals surface area contributed by atoms with Crippen molar-refractivity contribution in [1.82, 2.24) is 0 Å². The van der Waals surface area contributed by atoms with Crippen molar-refractivity contribution < 1.29 is 17.9 Å². The highest BCUT2D eigenvalue weighted by Gasteiger charge is 2.24. The molecule has 29 heavy (non-hydrogen) atoms. The maximum Gasteiger partial charge on any atom is 0.245 e. The lowest BCUT2D eigenvalue weighted by Crippen LogP contribution is -2.38. The molecule has 0 aliphatic carbocycles. The fourth-order valence-electron chi connectivity index (χ4n) is 3.47. The highest BCUT2D eigenvalue weighted by molar-refractivity contribution is 7.92. The number of amides is 1. The fourth-order valence-corrected chi connectivity index (χ4v) is 4.44. The summed E-state index contributed by atoms with van der Waals surface area (Å²) in [6.07, 6.45) is 1.11. The third-order valence-corrected chi connectivity index (χ3v) is 6.02. The molecule has 1 amide bonds. The molecule has 1 aliphatic heterocycles. The van der Waals surface area contributed by atoms with Gasteiger partial charge in [0.15, 0.2) is 0 Å². The Bertz CT molecular complexity index is 948. The molecular formula is C21H27N3O4S. The third-order valence-electron chi connectivity index (χ3n) is 4.90. The Balaban J connectivity index is 1.72. The van der Waals surface area contributed by atoms with E-state index in [0.717, 1.165) is 40.5 Å². The van der Waals surface area contributed by atoms with Gasteiger partial charge in [-0.15, -0.1) is 0 Å². The summed E-state index contributed by atoms with van der Waals surface area (Å²) in [5, 5.41) is 2.80. The van der Waals surface area contributed by atoms with Gasteiger partial charge < -0.3 is 15.0 Å². The molecule has 2 aromatic carbocycles. The number of rotatable bonds is 6. The van der Waals surface area contributed by atoms with Gasteiger partial charge in [-0.2, -0.15) is 0 Å². The minimum absolute atomic E-state index is 0.282. The van der Waals surface area contributed by atoms with Crippen LogP contribution in [0.25, 0.3) is 0 Å². The molecule has 1 heterocycles. The third kappa shape index (κ3) is 5.27. The average Bonchev–Trinajstić information content (AvgIpc) is 2.67. The van der Waals surface area contributed by atoms with Gasteiger partial charge in [-0.05, 0) is 49.2 Å². The number of carbonyl (C=O) groups excluding carboxylic acids is 1. The first kappa shape index (κ1) is 21.1. The zero-order valence-corrected chi connectivity index (χ0v) is 17.8. The summed E-state index contributed by atoms with van der Waals surface area (Å²) in [7, 11) is -3.62. The zero-order chi connectivity index (χ0) is 21.0. The molecule has 156 valence electrons. The summed E-state index contributed by atoms with van der Waals surface area (Å²) in [5.41, 5.74) is 3.85. The molecule has 8 heteroatoms. The number of nitrogens with zero attached hydrogens (tertiary/aromatic N) is 2. The highest BCUT2D eigenvalue weighted by atomic mass is 32.2. The SMILES string of the molecule is Cc1cccc(C)c1N(CC(=O)Nc1ccc(N2CCOCC2)cc1)S(C)(=O)=O. The smallest absolute Gasteiger partial charge is 0.245 e. The van der Waals surface area contributed by atoms with Gasteiger partial charge in [0.2, 0.25) is 15.9 Å². The summed E-state index contributed by atoms with van der Waals surface area (Å²) in [5.74, 6) is -0.391. The van der Waals surface area contributed by atoms with Crippen molar-refractivity contribution in [3.8, 4) is 0 Å². The number of hydrogen-bond donors (Lipinski definition) is 1. The molecule has 2 aromatic rings. The van der Waals surface area contributed by atoms with Crippen LogP contribution in [0.1, 0.15) is 11.1 Å². The van der Waals surface area contributed by atoms with Crippen LogP contribution in [0.4, 0.5) is 17.1 Å². The van der Waals surface area contributed by atoms with E-state index in [9.17, 15) is 13.2 Å². The number of aryl methyl sites for hydroxylation is 2. The topological polar surface area (TPSA) is 79.0 Å². The lowest BCUT2D eigenvalue weighted by molar-refractivity contribution is -0.114. The highest BCUT2D eigenvalue weighted by Crippen LogP contribution is 2.27. The normalized spacial score (nSPS) is 14.5. The van der Waals surface area contributed by atoms with E-state index >= 15 is 0 Å². The van der Waals surface area contributed by atoms with Crippen molar-refractivity contribution in [1.29, 1.82) is 0 Å². The summed E-state index contributed by atoms with van der Waals surface area (Å²) < 4.78 is 31.3. The van der Waals surface area contributed by atoms with Gasteiger partial charge in [-0.1, -0.05) is 18.2 Å². The van der Waals surface area contributed by atoms with E-state index in [1.54, 1.807) is 0 Å². The van der Waals surface area contributed by atoms with Crippen molar-refractivity contribution >= 4 is 33.0 Å². The predicted octanol–water partition coefficient (Wildman–Crippen LogP) is 2.54. The fraction of sp³-hybridized carbons (Fsp3) is 0.381. The molecular weight excluding hydrogens is 390 g/mol. The number of morpholine rings is 1. The van der Waals surface area contributed by atoms with E-state index in [-0.39, 0.29) is 6.54 Å². The summed E-state index contributed by atoms with van der Waals surface area (Å²) in [4.78, 5) is 14.8. The minimum Gasteiger partial charge on any atom is -0.378 e. The standard InChI is InChI=1S/C21H27N3O4S/c1-16-5-4-6-17(2)21(16)24(29(3,26)27)15-20(25)22-18-7-9-19(10-8-18)23-11-13-28-14-12-23/h4-10H,11-15H2,1-3H3,(H,22,25). The van der Waals surface area contributed by atoms with Crippen molar-refractivity contribution in [2.75, 3.05) is 53.6 Å².